The molecule has 1 aliphatic rings. The Morgan fingerprint density at radius 1 is 1.17 bits per heavy atom. The smallest absolute Gasteiger partial charge is 0.237 e. The van der Waals surface area contributed by atoms with Crippen LogP contribution in [0.25, 0.3) is 11.3 Å². The van der Waals surface area contributed by atoms with Crippen molar-refractivity contribution in [2.75, 3.05) is 16.6 Å². The molecule has 12 heteroatoms. The van der Waals surface area contributed by atoms with Gasteiger partial charge in [0.25, 0.3) is 0 Å². The Kier molecular flexibility index (Phi) is 7.31. The first-order valence-electron chi connectivity index (χ1n) is 11.4. The minimum Gasteiger partial charge on any atom is -0.477 e. The van der Waals surface area contributed by atoms with E-state index in [9.17, 15) is 13.2 Å². The van der Waals surface area contributed by atoms with E-state index >= 15 is 0 Å². The predicted molar refractivity (Wildman–Crippen MR) is 135 cm³/mol. The van der Waals surface area contributed by atoms with Gasteiger partial charge in [-0.2, -0.15) is 0 Å². The molecule has 0 spiro atoms. The Morgan fingerprint density at radius 3 is 2.63 bits per heavy atom. The van der Waals surface area contributed by atoms with Crippen molar-refractivity contribution < 1.29 is 17.9 Å². The van der Waals surface area contributed by atoms with Gasteiger partial charge < -0.3 is 10.1 Å². The molecular weight excluding hydrogens is 488 g/mol. The molecule has 186 valence electrons. The minimum atomic E-state index is -3.48. The Balaban J connectivity index is 1.42. The van der Waals surface area contributed by atoms with Gasteiger partial charge in [-0.15, -0.1) is 11.3 Å². The molecule has 35 heavy (non-hydrogen) atoms. The molecule has 1 fully saturated rings. The zero-order valence-electron chi connectivity index (χ0n) is 19.8. The standard InChI is InChI=1S/C23H28N6O4S2/c1-4-33-20-13-24-12-17(26-20)15-9-10-19(25-11-15)28-21(30)23(2,3)18-14-34-22(27-18)29-35(31,32)16-7-5-6-8-16/h9-14,16H,4-8H2,1-3H3,(H,27,29)(H,25,28,30). The first-order valence-corrected chi connectivity index (χ1v) is 13.8. The van der Waals surface area contributed by atoms with Gasteiger partial charge >= 0.3 is 0 Å². The number of anilines is 2. The molecule has 2 N–H and O–H groups in total. The molecule has 10 nitrogen and oxygen atoms in total. The van der Waals surface area contributed by atoms with Gasteiger partial charge in [-0.25, -0.2) is 23.4 Å². The van der Waals surface area contributed by atoms with Crippen LogP contribution in [0.5, 0.6) is 5.88 Å². The molecule has 4 rings (SSSR count). The molecule has 1 aliphatic carbocycles. The Hall–Kier alpha value is -3.12. The minimum absolute atomic E-state index is 0.269. The molecule has 3 heterocycles. The number of nitrogens with one attached hydrogen (secondary N) is 2. The van der Waals surface area contributed by atoms with Crippen molar-refractivity contribution in [3.63, 3.8) is 0 Å². The molecule has 0 atom stereocenters. The lowest BCUT2D eigenvalue weighted by Gasteiger charge is -2.21. The van der Waals surface area contributed by atoms with E-state index in [4.69, 9.17) is 4.74 Å². The topological polar surface area (TPSA) is 136 Å². The van der Waals surface area contributed by atoms with Crippen LogP contribution in [-0.4, -0.2) is 46.1 Å². The van der Waals surface area contributed by atoms with Crippen molar-refractivity contribution in [3.05, 3.63) is 41.8 Å². The summed E-state index contributed by atoms with van der Waals surface area (Å²) in [6.45, 7) is 5.83. The summed E-state index contributed by atoms with van der Waals surface area (Å²) >= 11 is 1.17. The van der Waals surface area contributed by atoms with Crippen LogP contribution in [0, 0.1) is 0 Å². The van der Waals surface area contributed by atoms with Gasteiger partial charge in [-0.1, -0.05) is 12.8 Å². The zero-order valence-corrected chi connectivity index (χ0v) is 21.4. The van der Waals surface area contributed by atoms with Gasteiger partial charge in [0.1, 0.15) is 5.82 Å². The van der Waals surface area contributed by atoms with Gasteiger partial charge in [0, 0.05) is 17.1 Å². The first kappa shape index (κ1) is 25.0. The lowest BCUT2D eigenvalue weighted by Crippen LogP contribution is -2.35. The predicted octanol–water partition coefficient (Wildman–Crippen LogP) is 3.99. The molecule has 0 saturated heterocycles. The van der Waals surface area contributed by atoms with E-state index in [1.165, 1.54) is 11.3 Å². The van der Waals surface area contributed by atoms with Crippen molar-refractivity contribution in [3.8, 4) is 17.1 Å². The fourth-order valence-corrected chi connectivity index (χ4v) is 6.40. The average Bonchev–Trinajstić information content (AvgIpc) is 3.53. The largest absolute Gasteiger partial charge is 0.477 e. The third-order valence-electron chi connectivity index (χ3n) is 5.89. The summed E-state index contributed by atoms with van der Waals surface area (Å²) in [5.41, 5.74) is 0.807. The van der Waals surface area contributed by atoms with Crippen molar-refractivity contribution in [2.24, 2.45) is 0 Å². The van der Waals surface area contributed by atoms with Crippen LogP contribution >= 0.6 is 11.3 Å². The summed E-state index contributed by atoms with van der Waals surface area (Å²) < 4.78 is 33.1. The van der Waals surface area contributed by atoms with Crippen molar-refractivity contribution in [1.29, 1.82) is 0 Å². The van der Waals surface area contributed by atoms with E-state index in [1.807, 2.05) is 6.92 Å². The van der Waals surface area contributed by atoms with Crippen LogP contribution in [0.1, 0.15) is 52.1 Å². The van der Waals surface area contributed by atoms with Crippen LogP contribution < -0.4 is 14.8 Å². The number of nitrogens with zero attached hydrogens (tertiary/aromatic N) is 4. The second-order valence-electron chi connectivity index (χ2n) is 8.78. The molecule has 0 radical (unpaired) electrons. The van der Waals surface area contributed by atoms with Crippen LogP contribution in [0.15, 0.2) is 36.1 Å². The second kappa shape index (κ2) is 10.2. The molecule has 3 aromatic rings. The Bertz CT molecular complexity index is 1290. The monoisotopic (exact) mass is 516 g/mol. The Morgan fingerprint density at radius 2 is 1.94 bits per heavy atom. The summed E-state index contributed by atoms with van der Waals surface area (Å²) in [5.74, 6) is 0.488. The van der Waals surface area contributed by atoms with E-state index < -0.39 is 15.4 Å². The summed E-state index contributed by atoms with van der Waals surface area (Å²) in [7, 11) is -3.48. The normalized spacial score (nSPS) is 14.6. The molecule has 0 aliphatic heterocycles. The Labute approximate surface area is 208 Å². The first-order chi connectivity index (χ1) is 16.7. The van der Waals surface area contributed by atoms with Gasteiger partial charge in [-0.3, -0.25) is 14.5 Å². The number of thiazole rings is 1. The summed E-state index contributed by atoms with van der Waals surface area (Å²) in [6.07, 6.45) is 7.92. The summed E-state index contributed by atoms with van der Waals surface area (Å²) in [5, 5.41) is 4.40. The molecule has 0 unspecified atom stereocenters. The fourth-order valence-electron chi connectivity index (χ4n) is 3.72. The number of hydrogen-bond donors (Lipinski definition) is 2. The lowest BCUT2D eigenvalue weighted by molar-refractivity contribution is -0.120. The number of ether oxygens (including phenoxy) is 1. The number of carbonyl (C=O) groups is 1. The average molecular weight is 517 g/mol. The highest BCUT2D eigenvalue weighted by Gasteiger charge is 2.34. The van der Waals surface area contributed by atoms with E-state index in [2.05, 4.69) is 30.0 Å². The summed E-state index contributed by atoms with van der Waals surface area (Å²) in [4.78, 5) is 30.3. The molecule has 3 aromatic heterocycles. The molecular formula is C23H28N6O4S2. The van der Waals surface area contributed by atoms with Crippen LogP contribution in [-0.2, 0) is 20.2 Å². The fraction of sp³-hybridized carbons (Fsp3) is 0.435. The highest BCUT2D eigenvalue weighted by Crippen LogP contribution is 2.31. The third-order valence-corrected chi connectivity index (χ3v) is 8.60. The van der Waals surface area contributed by atoms with Crippen LogP contribution in [0.4, 0.5) is 10.9 Å². The quantitative estimate of drug-likeness (QED) is 0.436. The van der Waals surface area contributed by atoms with Gasteiger partial charge in [0.15, 0.2) is 5.13 Å². The van der Waals surface area contributed by atoms with Crippen LogP contribution in [0.3, 0.4) is 0 Å². The number of sulfonamides is 1. The van der Waals surface area contributed by atoms with Gasteiger partial charge in [0.05, 0.1) is 41.1 Å². The summed E-state index contributed by atoms with van der Waals surface area (Å²) in [6, 6.07) is 3.47. The molecule has 1 amide bonds. The zero-order chi connectivity index (χ0) is 25.1. The van der Waals surface area contributed by atoms with E-state index in [0.29, 0.717) is 42.5 Å². The second-order valence-corrected chi connectivity index (χ2v) is 11.6. The van der Waals surface area contributed by atoms with Crippen molar-refractivity contribution in [1.82, 2.24) is 19.9 Å². The maximum atomic E-state index is 13.0. The van der Waals surface area contributed by atoms with E-state index in [0.717, 1.165) is 18.4 Å². The molecule has 1 saturated carbocycles. The lowest BCUT2D eigenvalue weighted by atomic mass is 9.89. The number of carbonyl (C=O) groups excluding carboxylic acids is 1. The number of aromatic nitrogens is 4. The van der Waals surface area contributed by atoms with Crippen LogP contribution in [0.2, 0.25) is 0 Å². The van der Waals surface area contributed by atoms with E-state index in [-0.39, 0.29) is 16.3 Å². The maximum Gasteiger partial charge on any atom is 0.237 e. The SMILES string of the molecule is CCOc1cncc(-c2ccc(NC(=O)C(C)(C)c3csc(NS(=O)(=O)C4CCCC4)n3)nc2)n1. The molecule has 0 bridgehead atoms. The van der Waals surface area contributed by atoms with Gasteiger partial charge in [0.2, 0.25) is 21.8 Å². The highest BCUT2D eigenvalue weighted by molar-refractivity contribution is 7.93. The van der Waals surface area contributed by atoms with Crippen molar-refractivity contribution in [2.45, 2.75) is 57.1 Å². The van der Waals surface area contributed by atoms with Crippen molar-refractivity contribution >= 4 is 38.2 Å². The third kappa shape index (κ3) is 5.76. The maximum absolute atomic E-state index is 13.0. The number of amides is 1. The number of rotatable bonds is 9. The number of pyridine rings is 1. The highest BCUT2D eigenvalue weighted by atomic mass is 32.2. The molecule has 0 aromatic carbocycles. The van der Waals surface area contributed by atoms with Gasteiger partial charge in [-0.05, 0) is 45.7 Å². The number of hydrogen-bond acceptors (Lipinski definition) is 9. The van der Waals surface area contributed by atoms with E-state index in [1.54, 1.807) is 50.0 Å².